The highest BCUT2D eigenvalue weighted by molar-refractivity contribution is 5.37. The Morgan fingerprint density at radius 1 is 1.06 bits per heavy atom. The number of unbranched alkanes of at least 4 members (excludes halogenated alkanes) is 1. The Labute approximate surface area is 111 Å². The van der Waals surface area contributed by atoms with Crippen LogP contribution in [0.5, 0.6) is 0 Å². The highest BCUT2D eigenvalue weighted by Crippen LogP contribution is 2.32. The molecule has 0 heterocycles. The quantitative estimate of drug-likeness (QED) is 0.632. The van der Waals surface area contributed by atoms with Crippen LogP contribution in [0, 0.1) is 11.8 Å². The standard InChI is InChI=1S/C17H23N/c18-14-6-2-3-7-15-10-12-17(13-11-15)16-8-4-1-5-9-16/h10-13,16H,1-2,4-6,8-9,14,18H2. The maximum absolute atomic E-state index is 5.44. The van der Waals surface area contributed by atoms with Gasteiger partial charge in [-0.15, -0.1) is 0 Å². The van der Waals surface area contributed by atoms with E-state index in [-0.39, 0.29) is 0 Å². The van der Waals surface area contributed by atoms with Gasteiger partial charge in [-0.2, -0.15) is 0 Å². The average molecular weight is 241 g/mol. The van der Waals surface area contributed by atoms with Gasteiger partial charge in [-0.3, -0.25) is 0 Å². The lowest BCUT2D eigenvalue weighted by Gasteiger charge is -2.21. The van der Waals surface area contributed by atoms with Gasteiger partial charge in [0.2, 0.25) is 0 Å². The third kappa shape index (κ3) is 3.89. The molecule has 1 saturated carbocycles. The van der Waals surface area contributed by atoms with E-state index in [1.807, 2.05) is 0 Å². The third-order valence-corrected chi connectivity index (χ3v) is 3.73. The first-order valence-corrected chi connectivity index (χ1v) is 7.19. The van der Waals surface area contributed by atoms with E-state index in [0.29, 0.717) is 0 Å². The molecule has 0 bridgehead atoms. The van der Waals surface area contributed by atoms with Crippen LogP contribution in [0.3, 0.4) is 0 Å². The maximum atomic E-state index is 5.44. The summed E-state index contributed by atoms with van der Waals surface area (Å²) in [4.78, 5) is 0. The molecule has 0 saturated heterocycles. The van der Waals surface area contributed by atoms with E-state index in [1.54, 1.807) is 0 Å². The first-order valence-electron chi connectivity index (χ1n) is 7.19. The van der Waals surface area contributed by atoms with Gasteiger partial charge in [0.05, 0.1) is 0 Å². The molecule has 2 rings (SSSR count). The van der Waals surface area contributed by atoms with Crippen molar-refractivity contribution < 1.29 is 0 Å². The Hall–Kier alpha value is -1.26. The smallest absolute Gasteiger partial charge is 0.0245 e. The van der Waals surface area contributed by atoms with Crippen LogP contribution in [0.2, 0.25) is 0 Å². The summed E-state index contributed by atoms with van der Waals surface area (Å²) in [5.41, 5.74) is 8.08. The molecule has 18 heavy (non-hydrogen) atoms. The van der Waals surface area contributed by atoms with Gasteiger partial charge in [-0.1, -0.05) is 43.2 Å². The summed E-state index contributed by atoms with van der Waals surface area (Å²) < 4.78 is 0. The lowest BCUT2D eigenvalue weighted by molar-refractivity contribution is 0.443. The summed E-state index contributed by atoms with van der Waals surface area (Å²) in [5.74, 6) is 7.17. The average Bonchev–Trinajstić information content (AvgIpc) is 2.45. The van der Waals surface area contributed by atoms with Crippen LogP contribution in [-0.2, 0) is 0 Å². The number of nitrogens with two attached hydrogens (primary N) is 1. The highest BCUT2D eigenvalue weighted by atomic mass is 14.5. The topological polar surface area (TPSA) is 26.0 Å². The van der Waals surface area contributed by atoms with Crippen LogP contribution in [0.25, 0.3) is 0 Å². The van der Waals surface area contributed by atoms with Crippen molar-refractivity contribution in [1.29, 1.82) is 0 Å². The zero-order valence-electron chi connectivity index (χ0n) is 11.1. The van der Waals surface area contributed by atoms with Crippen LogP contribution in [0.15, 0.2) is 24.3 Å². The Morgan fingerprint density at radius 3 is 2.44 bits per heavy atom. The molecule has 0 unspecified atom stereocenters. The summed E-state index contributed by atoms with van der Waals surface area (Å²) in [6, 6.07) is 8.87. The monoisotopic (exact) mass is 241 g/mol. The minimum absolute atomic E-state index is 0.731. The summed E-state index contributed by atoms with van der Waals surface area (Å²) in [5, 5.41) is 0. The van der Waals surface area contributed by atoms with Gasteiger partial charge in [0.25, 0.3) is 0 Å². The minimum Gasteiger partial charge on any atom is -0.330 e. The van der Waals surface area contributed by atoms with Crippen molar-refractivity contribution in [2.45, 2.75) is 50.9 Å². The van der Waals surface area contributed by atoms with Crippen LogP contribution in [0.4, 0.5) is 0 Å². The second kappa shape index (κ2) is 7.24. The lowest BCUT2D eigenvalue weighted by atomic mass is 9.84. The van der Waals surface area contributed by atoms with Gasteiger partial charge < -0.3 is 5.73 Å². The Morgan fingerprint density at radius 2 is 1.78 bits per heavy atom. The zero-order chi connectivity index (χ0) is 12.6. The van der Waals surface area contributed by atoms with Gasteiger partial charge in [0, 0.05) is 12.0 Å². The molecule has 1 aromatic carbocycles. The van der Waals surface area contributed by atoms with Crippen molar-refractivity contribution in [3.05, 3.63) is 35.4 Å². The molecule has 2 N–H and O–H groups in total. The molecule has 1 aliphatic carbocycles. The molecule has 0 radical (unpaired) electrons. The van der Waals surface area contributed by atoms with Crippen molar-refractivity contribution in [2.24, 2.45) is 5.73 Å². The van der Waals surface area contributed by atoms with E-state index in [0.717, 1.165) is 30.9 Å². The van der Waals surface area contributed by atoms with E-state index < -0.39 is 0 Å². The van der Waals surface area contributed by atoms with Crippen molar-refractivity contribution >= 4 is 0 Å². The van der Waals surface area contributed by atoms with E-state index in [9.17, 15) is 0 Å². The van der Waals surface area contributed by atoms with Crippen LogP contribution < -0.4 is 5.73 Å². The van der Waals surface area contributed by atoms with Gasteiger partial charge in [0.1, 0.15) is 0 Å². The fraction of sp³-hybridized carbons (Fsp3) is 0.529. The molecule has 96 valence electrons. The Kier molecular flexibility index (Phi) is 5.30. The van der Waals surface area contributed by atoms with Crippen molar-refractivity contribution in [2.75, 3.05) is 6.54 Å². The van der Waals surface area contributed by atoms with E-state index in [2.05, 4.69) is 36.1 Å². The van der Waals surface area contributed by atoms with E-state index in [1.165, 1.54) is 37.7 Å². The fourth-order valence-electron chi connectivity index (χ4n) is 2.63. The summed E-state index contributed by atoms with van der Waals surface area (Å²) in [7, 11) is 0. The largest absolute Gasteiger partial charge is 0.330 e. The minimum atomic E-state index is 0.731. The molecule has 1 aromatic rings. The molecule has 1 nitrogen and oxygen atoms in total. The lowest BCUT2D eigenvalue weighted by Crippen LogP contribution is -2.04. The molecular formula is C17H23N. The van der Waals surface area contributed by atoms with Crippen LogP contribution >= 0.6 is 0 Å². The van der Waals surface area contributed by atoms with Gasteiger partial charge in [-0.05, 0) is 49.4 Å². The van der Waals surface area contributed by atoms with Crippen molar-refractivity contribution in [3.63, 3.8) is 0 Å². The summed E-state index contributed by atoms with van der Waals surface area (Å²) in [6.45, 7) is 0.731. The number of benzene rings is 1. The third-order valence-electron chi connectivity index (χ3n) is 3.73. The van der Waals surface area contributed by atoms with E-state index >= 15 is 0 Å². The summed E-state index contributed by atoms with van der Waals surface area (Å²) in [6.07, 6.45) is 8.83. The molecule has 1 fully saturated rings. The predicted octanol–water partition coefficient (Wildman–Crippen LogP) is 3.82. The molecule has 1 heteroatoms. The second-order valence-electron chi connectivity index (χ2n) is 5.15. The number of rotatable bonds is 3. The van der Waals surface area contributed by atoms with Crippen LogP contribution in [-0.4, -0.2) is 6.54 Å². The number of hydrogen-bond acceptors (Lipinski definition) is 1. The first kappa shape index (κ1) is 13.2. The maximum Gasteiger partial charge on any atom is 0.0245 e. The molecule has 1 aliphatic rings. The fourth-order valence-corrected chi connectivity index (χ4v) is 2.63. The normalized spacial score (nSPS) is 16.1. The molecule has 0 spiro atoms. The zero-order valence-corrected chi connectivity index (χ0v) is 11.1. The van der Waals surface area contributed by atoms with Crippen LogP contribution in [0.1, 0.15) is 62.0 Å². The first-order chi connectivity index (χ1) is 8.90. The Balaban J connectivity index is 1.93. The molecular weight excluding hydrogens is 218 g/mol. The highest BCUT2D eigenvalue weighted by Gasteiger charge is 2.14. The van der Waals surface area contributed by atoms with Gasteiger partial charge >= 0.3 is 0 Å². The molecule has 0 aromatic heterocycles. The molecule has 0 atom stereocenters. The van der Waals surface area contributed by atoms with Gasteiger partial charge in [-0.25, -0.2) is 0 Å². The van der Waals surface area contributed by atoms with E-state index in [4.69, 9.17) is 5.73 Å². The summed E-state index contributed by atoms with van der Waals surface area (Å²) >= 11 is 0. The van der Waals surface area contributed by atoms with Gasteiger partial charge in [0.15, 0.2) is 0 Å². The predicted molar refractivity (Wildman–Crippen MR) is 77.4 cm³/mol. The van der Waals surface area contributed by atoms with Crippen molar-refractivity contribution in [3.8, 4) is 11.8 Å². The number of hydrogen-bond donors (Lipinski definition) is 1. The molecule has 0 aliphatic heterocycles. The second-order valence-corrected chi connectivity index (χ2v) is 5.15. The molecule has 0 amide bonds. The SMILES string of the molecule is NCCCC#Cc1ccc(C2CCCCC2)cc1. The Bertz CT molecular complexity index is 401. The van der Waals surface area contributed by atoms with Crippen molar-refractivity contribution in [1.82, 2.24) is 0 Å².